The predicted molar refractivity (Wildman–Crippen MR) is 173 cm³/mol. The first-order valence-electron chi connectivity index (χ1n) is 15.3. The standard InChI is InChI=1S/C35H35ClN4O5/c36-26-14-12-24(13-15-26)21-28(37-34(43)32-22-30(41)27-8-2-4-10-31(27)45-32)35(44)39-18-6-17-38(19-20-39)29-9-3-1-7-25(29)23-40-16-5-11-33(40)42/h1-4,7-10,12-15,22,28H,5-6,11,16-21,23H2,(H,37,43)/t28-/m0/s1. The molecular formula is C35H35ClN4O5. The number of nitrogens with one attached hydrogen (secondary N) is 1. The monoisotopic (exact) mass is 626 g/mol. The first-order chi connectivity index (χ1) is 21.9. The number of anilines is 1. The van der Waals surface area contributed by atoms with Crippen molar-refractivity contribution in [1.29, 1.82) is 0 Å². The van der Waals surface area contributed by atoms with Crippen molar-refractivity contribution in [2.75, 3.05) is 37.6 Å². The fourth-order valence-corrected chi connectivity index (χ4v) is 6.26. The highest BCUT2D eigenvalue weighted by molar-refractivity contribution is 6.30. The smallest absolute Gasteiger partial charge is 0.287 e. The van der Waals surface area contributed by atoms with E-state index in [2.05, 4.69) is 22.3 Å². The van der Waals surface area contributed by atoms with E-state index in [-0.39, 0.29) is 29.4 Å². The molecule has 10 heteroatoms. The van der Waals surface area contributed by atoms with Gasteiger partial charge in [0.2, 0.25) is 11.8 Å². The van der Waals surface area contributed by atoms with Gasteiger partial charge in [0.05, 0.1) is 5.39 Å². The number of likely N-dealkylation sites (tertiary alicyclic amines) is 1. The van der Waals surface area contributed by atoms with Gasteiger partial charge in [0.15, 0.2) is 11.2 Å². The number of nitrogens with zero attached hydrogens (tertiary/aromatic N) is 3. The number of halogens is 1. The first kappa shape index (κ1) is 30.4. The maximum atomic E-state index is 14.1. The van der Waals surface area contributed by atoms with Crippen molar-refractivity contribution >= 4 is 46.0 Å². The molecule has 0 saturated carbocycles. The van der Waals surface area contributed by atoms with E-state index in [1.54, 1.807) is 41.3 Å². The van der Waals surface area contributed by atoms with Gasteiger partial charge in [-0.05, 0) is 54.3 Å². The Labute approximate surface area is 266 Å². The third kappa shape index (κ3) is 7.04. The average Bonchev–Trinajstić information content (AvgIpc) is 3.29. The van der Waals surface area contributed by atoms with Crippen LogP contribution >= 0.6 is 11.6 Å². The highest BCUT2D eigenvalue weighted by atomic mass is 35.5. The van der Waals surface area contributed by atoms with Crippen LogP contribution in [0.4, 0.5) is 5.69 Å². The van der Waals surface area contributed by atoms with Crippen LogP contribution in [0.15, 0.2) is 88.1 Å². The van der Waals surface area contributed by atoms with E-state index in [1.807, 2.05) is 29.2 Å². The number of rotatable bonds is 8. The summed E-state index contributed by atoms with van der Waals surface area (Å²) in [7, 11) is 0. The highest BCUT2D eigenvalue weighted by Crippen LogP contribution is 2.26. The zero-order valence-electron chi connectivity index (χ0n) is 24.9. The quantitative estimate of drug-likeness (QED) is 0.306. The third-order valence-electron chi connectivity index (χ3n) is 8.49. The normalized spacial score (nSPS) is 16.1. The van der Waals surface area contributed by atoms with Gasteiger partial charge in [0.1, 0.15) is 11.6 Å². The maximum absolute atomic E-state index is 14.1. The van der Waals surface area contributed by atoms with Crippen LogP contribution in [-0.4, -0.2) is 66.3 Å². The summed E-state index contributed by atoms with van der Waals surface area (Å²) in [4.78, 5) is 58.4. The molecule has 1 atom stereocenters. The van der Waals surface area contributed by atoms with Crippen molar-refractivity contribution in [2.24, 2.45) is 0 Å². The highest BCUT2D eigenvalue weighted by Gasteiger charge is 2.30. The summed E-state index contributed by atoms with van der Waals surface area (Å²) in [6.45, 7) is 3.71. The number of para-hydroxylation sites is 2. The van der Waals surface area contributed by atoms with E-state index in [0.29, 0.717) is 48.6 Å². The Morgan fingerprint density at radius 3 is 2.44 bits per heavy atom. The molecule has 1 aromatic heterocycles. The van der Waals surface area contributed by atoms with Gasteiger partial charge in [-0.25, -0.2) is 0 Å². The van der Waals surface area contributed by atoms with Crippen LogP contribution in [-0.2, 0) is 22.6 Å². The molecule has 3 heterocycles. The van der Waals surface area contributed by atoms with Crippen molar-refractivity contribution in [1.82, 2.24) is 15.1 Å². The summed E-state index contributed by atoms with van der Waals surface area (Å²) < 4.78 is 5.76. The number of carbonyl (C=O) groups excluding carboxylic acids is 3. The molecule has 2 fully saturated rings. The molecular weight excluding hydrogens is 592 g/mol. The van der Waals surface area contributed by atoms with E-state index in [9.17, 15) is 19.2 Å². The Hall–Kier alpha value is -4.63. The van der Waals surface area contributed by atoms with E-state index < -0.39 is 11.9 Å². The summed E-state index contributed by atoms with van der Waals surface area (Å²) in [5, 5.41) is 3.81. The van der Waals surface area contributed by atoms with Crippen LogP contribution in [0, 0.1) is 0 Å². The summed E-state index contributed by atoms with van der Waals surface area (Å²) in [5.41, 5.74) is 2.98. The molecule has 0 bridgehead atoms. The Balaban J connectivity index is 1.20. The maximum Gasteiger partial charge on any atom is 0.287 e. The second kappa shape index (κ2) is 13.6. The molecule has 3 amide bonds. The minimum absolute atomic E-state index is 0.150. The number of carbonyl (C=O) groups is 3. The zero-order chi connectivity index (χ0) is 31.3. The lowest BCUT2D eigenvalue weighted by Gasteiger charge is -2.29. The lowest BCUT2D eigenvalue weighted by Crippen LogP contribution is -2.50. The van der Waals surface area contributed by atoms with Crippen LogP contribution in [0.2, 0.25) is 5.02 Å². The van der Waals surface area contributed by atoms with Gasteiger partial charge in [-0.1, -0.05) is 54.1 Å². The van der Waals surface area contributed by atoms with Crippen LogP contribution in [0.3, 0.4) is 0 Å². The molecule has 6 rings (SSSR count). The van der Waals surface area contributed by atoms with Gasteiger partial charge in [0.25, 0.3) is 5.91 Å². The molecule has 45 heavy (non-hydrogen) atoms. The van der Waals surface area contributed by atoms with Gasteiger partial charge in [-0.15, -0.1) is 0 Å². The first-order valence-corrected chi connectivity index (χ1v) is 15.7. The second-order valence-electron chi connectivity index (χ2n) is 11.5. The molecule has 2 saturated heterocycles. The van der Waals surface area contributed by atoms with E-state index in [1.165, 1.54) is 6.07 Å². The predicted octanol–water partition coefficient (Wildman–Crippen LogP) is 4.65. The van der Waals surface area contributed by atoms with Crippen LogP contribution in [0.5, 0.6) is 0 Å². The van der Waals surface area contributed by atoms with Gasteiger partial charge >= 0.3 is 0 Å². The Morgan fingerprint density at radius 2 is 1.64 bits per heavy atom. The minimum Gasteiger partial charge on any atom is -0.451 e. The van der Waals surface area contributed by atoms with Gasteiger partial charge < -0.3 is 24.4 Å². The number of fused-ring (bicyclic) bond motifs is 1. The van der Waals surface area contributed by atoms with Crippen LogP contribution < -0.4 is 15.6 Å². The van der Waals surface area contributed by atoms with Crippen molar-refractivity contribution in [3.05, 3.63) is 111 Å². The van der Waals surface area contributed by atoms with Crippen molar-refractivity contribution in [2.45, 2.75) is 38.3 Å². The lowest BCUT2D eigenvalue weighted by atomic mass is 10.0. The topological polar surface area (TPSA) is 103 Å². The Morgan fingerprint density at radius 1 is 0.867 bits per heavy atom. The van der Waals surface area contributed by atoms with E-state index in [0.717, 1.165) is 42.7 Å². The van der Waals surface area contributed by atoms with E-state index >= 15 is 0 Å². The Kier molecular flexibility index (Phi) is 9.16. The van der Waals surface area contributed by atoms with Crippen LogP contribution in [0.25, 0.3) is 11.0 Å². The lowest BCUT2D eigenvalue weighted by molar-refractivity contribution is -0.133. The fraction of sp³-hybridized carbons (Fsp3) is 0.314. The SMILES string of the molecule is O=C(N[C@@H](Cc1ccc(Cl)cc1)C(=O)N1CCCN(c2ccccc2CN2CCCC2=O)CC1)c1cc(=O)c2ccccc2o1. The zero-order valence-corrected chi connectivity index (χ0v) is 25.7. The number of hydrogen-bond acceptors (Lipinski definition) is 6. The molecule has 1 N–H and O–H groups in total. The molecule has 9 nitrogen and oxygen atoms in total. The van der Waals surface area contributed by atoms with Gasteiger partial charge in [0, 0.05) is 68.9 Å². The molecule has 232 valence electrons. The second-order valence-corrected chi connectivity index (χ2v) is 12.0. The molecule has 4 aromatic rings. The molecule has 3 aromatic carbocycles. The molecule has 0 aliphatic carbocycles. The number of amides is 3. The molecule has 0 radical (unpaired) electrons. The number of hydrogen-bond donors (Lipinski definition) is 1. The van der Waals surface area contributed by atoms with E-state index in [4.69, 9.17) is 16.0 Å². The van der Waals surface area contributed by atoms with Crippen molar-refractivity contribution in [3.8, 4) is 0 Å². The van der Waals surface area contributed by atoms with Crippen molar-refractivity contribution in [3.63, 3.8) is 0 Å². The van der Waals surface area contributed by atoms with Gasteiger partial charge in [-0.3, -0.25) is 19.2 Å². The minimum atomic E-state index is -0.893. The molecule has 2 aliphatic heterocycles. The Bertz CT molecular complexity index is 1770. The number of benzene rings is 3. The molecule has 0 spiro atoms. The summed E-state index contributed by atoms with van der Waals surface area (Å²) in [5.74, 6) is -0.803. The van der Waals surface area contributed by atoms with Crippen molar-refractivity contribution < 1.29 is 18.8 Å². The average molecular weight is 627 g/mol. The largest absolute Gasteiger partial charge is 0.451 e. The van der Waals surface area contributed by atoms with Crippen LogP contribution in [0.1, 0.15) is 40.9 Å². The summed E-state index contributed by atoms with van der Waals surface area (Å²) in [6.07, 6.45) is 2.47. The summed E-state index contributed by atoms with van der Waals surface area (Å²) >= 11 is 6.10. The molecule has 0 unspecified atom stereocenters. The third-order valence-corrected chi connectivity index (χ3v) is 8.74. The summed E-state index contributed by atoms with van der Waals surface area (Å²) in [6, 6.07) is 22.3. The molecule has 2 aliphatic rings. The van der Waals surface area contributed by atoms with Gasteiger partial charge in [-0.2, -0.15) is 0 Å². The fourth-order valence-electron chi connectivity index (χ4n) is 6.13.